The summed E-state index contributed by atoms with van der Waals surface area (Å²) in [6.45, 7) is 4.50. The normalized spacial score (nSPS) is 15.4. The number of likely N-dealkylation sites (N-methyl/N-ethyl adjacent to an activating group) is 1. The van der Waals surface area contributed by atoms with Gasteiger partial charge in [0.15, 0.2) is 0 Å². The number of amides is 1. The van der Waals surface area contributed by atoms with Gasteiger partial charge in [0, 0.05) is 17.6 Å². The zero-order chi connectivity index (χ0) is 14.0. The number of benzene rings is 1. The van der Waals surface area contributed by atoms with E-state index in [-0.39, 0.29) is 5.91 Å². The standard InChI is InChI=1S/C15H21ClN2O/c1-15(2,17-3)14(19)18(13-8-9-13)10-11-4-6-12(16)7-5-11/h4-7,13,17H,8-10H2,1-3H3. The maximum absolute atomic E-state index is 12.6. The Bertz CT molecular complexity index is 452. The topological polar surface area (TPSA) is 32.3 Å². The highest BCUT2D eigenvalue weighted by Crippen LogP contribution is 2.30. The average molecular weight is 281 g/mol. The van der Waals surface area contributed by atoms with E-state index in [4.69, 9.17) is 11.6 Å². The first-order valence-electron chi connectivity index (χ1n) is 6.68. The molecule has 1 aromatic rings. The Morgan fingerprint density at radius 1 is 1.37 bits per heavy atom. The zero-order valence-electron chi connectivity index (χ0n) is 11.7. The molecule has 4 heteroatoms. The van der Waals surface area contributed by atoms with Crippen molar-refractivity contribution in [3.8, 4) is 0 Å². The molecule has 0 unspecified atom stereocenters. The lowest BCUT2D eigenvalue weighted by Crippen LogP contribution is -2.53. The molecule has 0 atom stereocenters. The molecule has 3 nitrogen and oxygen atoms in total. The maximum atomic E-state index is 12.6. The molecule has 0 heterocycles. The van der Waals surface area contributed by atoms with Gasteiger partial charge in [-0.05, 0) is 51.4 Å². The number of hydrogen-bond acceptors (Lipinski definition) is 2. The van der Waals surface area contributed by atoms with Crippen LogP contribution in [0.3, 0.4) is 0 Å². The van der Waals surface area contributed by atoms with Gasteiger partial charge in [-0.25, -0.2) is 0 Å². The molecule has 1 amide bonds. The van der Waals surface area contributed by atoms with Crippen LogP contribution in [0.5, 0.6) is 0 Å². The van der Waals surface area contributed by atoms with Gasteiger partial charge in [-0.3, -0.25) is 4.79 Å². The van der Waals surface area contributed by atoms with Crippen molar-refractivity contribution in [3.63, 3.8) is 0 Å². The first-order valence-corrected chi connectivity index (χ1v) is 7.06. The summed E-state index contributed by atoms with van der Waals surface area (Å²) in [4.78, 5) is 14.6. The molecule has 19 heavy (non-hydrogen) atoms. The van der Waals surface area contributed by atoms with Crippen LogP contribution in [0.15, 0.2) is 24.3 Å². The quantitative estimate of drug-likeness (QED) is 0.899. The first kappa shape index (κ1) is 14.4. The summed E-state index contributed by atoms with van der Waals surface area (Å²) >= 11 is 5.89. The average Bonchev–Trinajstić information content (AvgIpc) is 3.21. The molecule has 1 aromatic carbocycles. The Balaban J connectivity index is 2.13. The van der Waals surface area contributed by atoms with Crippen LogP contribution in [0.25, 0.3) is 0 Å². The Kier molecular flexibility index (Phi) is 4.16. The van der Waals surface area contributed by atoms with Crippen LogP contribution >= 0.6 is 11.6 Å². The Morgan fingerprint density at radius 2 is 1.95 bits per heavy atom. The number of carbonyl (C=O) groups is 1. The van der Waals surface area contributed by atoms with E-state index in [1.807, 2.05) is 50.1 Å². The molecule has 1 saturated carbocycles. The molecular formula is C15H21ClN2O. The highest BCUT2D eigenvalue weighted by atomic mass is 35.5. The second kappa shape index (κ2) is 5.51. The van der Waals surface area contributed by atoms with Crippen LogP contribution in [0.1, 0.15) is 32.3 Å². The van der Waals surface area contributed by atoms with Crippen LogP contribution in [0.4, 0.5) is 0 Å². The van der Waals surface area contributed by atoms with Crippen LogP contribution < -0.4 is 5.32 Å². The summed E-state index contributed by atoms with van der Waals surface area (Å²) in [5.41, 5.74) is 0.603. The Morgan fingerprint density at radius 3 is 2.42 bits per heavy atom. The van der Waals surface area contributed by atoms with Crippen molar-refractivity contribution >= 4 is 17.5 Å². The number of hydrogen-bond donors (Lipinski definition) is 1. The van der Waals surface area contributed by atoms with Crippen molar-refractivity contribution in [3.05, 3.63) is 34.9 Å². The van der Waals surface area contributed by atoms with Gasteiger partial charge in [0.25, 0.3) is 0 Å². The molecule has 0 aromatic heterocycles. The van der Waals surface area contributed by atoms with E-state index in [2.05, 4.69) is 5.32 Å². The third-order valence-corrected chi connectivity index (χ3v) is 3.93. The van der Waals surface area contributed by atoms with Crippen molar-refractivity contribution in [2.24, 2.45) is 0 Å². The largest absolute Gasteiger partial charge is 0.334 e. The maximum Gasteiger partial charge on any atom is 0.242 e. The summed E-state index contributed by atoms with van der Waals surface area (Å²) in [6.07, 6.45) is 2.22. The van der Waals surface area contributed by atoms with Crippen molar-refractivity contribution in [2.45, 2.75) is 44.8 Å². The fourth-order valence-electron chi connectivity index (χ4n) is 2.01. The molecule has 0 spiro atoms. The second-order valence-electron chi connectivity index (χ2n) is 5.67. The van der Waals surface area contributed by atoms with Gasteiger partial charge in [-0.1, -0.05) is 23.7 Å². The summed E-state index contributed by atoms with van der Waals surface area (Å²) < 4.78 is 0. The molecule has 104 valence electrons. The SMILES string of the molecule is CNC(C)(C)C(=O)N(Cc1ccc(Cl)cc1)C1CC1. The van der Waals surface area contributed by atoms with E-state index < -0.39 is 5.54 Å². The van der Waals surface area contributed by atoms with Gasteiger partial charge in [0.05, 0.1) is 5.54 Å². The molecule has 1 N–H and O–H groups in total. The van der Waals surface area contributed by atoms with E-state index in [1.165, 1.54) is 0 Å². The van der Waals surface area contributed by atoms with Crippen molar-refractivity contribution in [1.82, 2.24) is 10.2 Å². The lowest BCUT2D eigenvalue weighted by molar-refractivity contribution is -0.138. The lowest BCUT2D eigenvalue weighted by atomic mass is 10.0. The van der Waals surface area contributed by atoms with E-state index in [1.54, 1.807) is 0 Å². The van der Waals surface area contributed by atoms with Crippen LogP contribution in [-0.4, -0.2) is 29.4 Å². The third kappa shape index (κ3) is 3.48. The van der Waals surface area contributed by atoms with Crippen LogP contribution in [0.2, 0.25) is 5.02 Å². The molecule has 0 saturated heterocycles. The van der Waals surface area contributed by atoms with Gasteiger partial charge in [-0.2, -0.15) is 0 Å². The molecule has 0 bridgehead atoms. The first-order chi connectivity index (χ1) is 8.94. The monoisotopic (exact) mass is 280 g/mol. The van der Waals surface area contributed by atoms with Crippen molar-refractivity contribution in [1.29, 1.82) is 0 Å². The van der Waals surface area contributed by atoms with Crippen LogP contribution in [-0.2, 0) is 11.3 Å². The predicted octanol–water partition coefficient (Wildman–Crippen LogP) is 2.83. The van der Waals surface area contributed by atoms with E-state index in [0.717, 1.165) is 23.4 Å². The number of carbonyl (C=O) groups excluding carboxylic acids is 1. The minimum absolute atomic E-state index is 0.160. The van der Waals surface area contributed by atoms with Crippen LogP contribution in [0, 0.1) is 0 Å². The number of halogens is 1. The molecule has 1 fully saturated rings. The molecule has 0 radical (unpaired) electrons. The van der Waals surface area contributed by atoms with Gasteiger partial charge < -0.3 is 10.2 Å². The fraction of sp³-hybridized carbons (Fsp3) is 0.533. The number of rotatable bonds is 5. The lowest BCUT2D eigenvalue weighted by Gasteiger charge is -2.32. The number of nitrogens with zero attached hydrogens (tertiary/aromatic N) is 1. The second-order valence-corrected chi connectivity index (χ2v) is 6.10. The highest BCUT2D eigenvalue weighted by molar-refractivity contribution is 6.30. The number of nitrogens with one attached hydrogen (secondary N) is 1. The summed E-state index contributed by atoms with van der Waals surface area (Å²) in [5, 5.41) is 3.81. The van der Waals surface area contributed by atoms with Gasteiger partial charge in [0.2, 0.25) is 5.91 Å². The molecular weight excluding hydrogens is 260 g/mol. The summed E-state index contributed by atoms with van der Waals surface area (Å²) in [6, 6.07) is 8.11. The minimum Gasteiger partial charge on any atom is -0.334 e. The minimum atomic E-state index is -0.519. The Hall–Kier alpha value is -1.06. The molecule has 1 aliphatic carbocycles. The van der Waals surface area contributed by atoms with E-state index >= 15 is 0 Å². The third-order valence-electron chi connectivity index (χ3n) is 3.67. The predicted molar refractivity (Wildman–Crippen MR) is 78.2 cm³/mol. The highest BCUT2D eigenvalue weighted by Gasteiger charge is 2.38. The fourth-order valence-corrected chi connectivity index (χ4v) is 2.13. The molecule has 2 rings (SSSR count). The van der Waals surface area contributed by atoms with Gasteiger partial charge >= 0.3 is 0 Å². The molecule has 1 aliphatic rings. The van der Waals surface area contributed by atoms with Crippen molar-refractivity contribution in [2.75, 3.05) is 7.05 Å². The van der Waals surface area contributed by atoms with Crippen molar-refractivity contribution < 1.29 is 4.79 Å². The van der Waals surface area contributed by atoms with E-state index in [9.17, 15) is 4.79 Å². The Labute approximate surface area is 119 Å². The summed E-state index contributed by atoms with van der Waals surface area (Å²) in [7, 11) is 1.82. The molecule has 0 aliphatic heterocycles. The van der Waals surface area contributed by atoms with Gasteiger partial charge in [-0.15, -0.1) is 0 Å². The zero-order valence-corrected chi connectivity index (χ0v) is 12.5. The smallest absolute Gasteiger partial charge is 0.242 e. The summed E-state index contributed by atoms with van der Waals surface area (Å²) in [5.74, 6) is 0.160. The van der Waals surface area contributed by atoms with Gasteiger partial charge in [0.1, 0.15) is 0 Å². The van der Waals surface area contributed by atoms with E-state index in [0.29, 0.717) is 12.6 Å².